The van der Waals surface area contributed by atoms with Crippen LogP contribution >= 0.6 is 0 Å². The number of fused-ring (bicyclic) bond motifs is 1. The highest BCUT2D eigenvalue weighted by atomic mass is 19.1. The lowest BCUT2D eigenvalue weighted by molar-refractivity contribution is 0.0693. The molecule has 0 radical (unpaired) electrons. The molecule has 116 valence electrons. The fourth-order valence-electron chi connectivity index (χ4n) is 2.56. The van der Waals surface area contributed by atoms with E-state index in [0.717, 1.165) is 6.07 Å². The Morgan fingerprint density at radius 1 is 1.17 bits per heavy atom. The Kier molecular flexibility index (Phi) is 3.44. The van der Waals surface area contributed by atoms with Crippen molar-refractivity contribution in [3.05, 3.63) is 69.6 Å². The van der Waals surface area contributed by atoms with E-state index in [1.807, 2.05) is 0 Å². The normalized spacial score (nSPS) is 10.9. The highest BCUT2D eigenvalue weighted by molar-refractivity contribution is 6.05. The van der Waals surface area contributed by atoms with Crippen LogP contribution in [0.3, 0.4) is 0 Å². The van der Waals surface area contributed by atoms with Crippen molar-refractivity contribution < 1.29 is 23.1 Å². The van der Waals surface area contributed by atoms with Gasteiger partial charge in [0.15, 0.2) is 17.0 Å². The zero-order valence-electron chi connectivity index (χ0n) is 11.9. The number of carboxylic acids is 1. The van der Waals surface area contributed by atoms with Gasteiger partial charge >= 0.3 is 11.6 Å². The minimum atomic E-state index is -1.52. The van der Waals surface area contributed by atoms with E-state index in [9.17, 15) is 23.5 Å². The lowest BCUT2D eigenvalue weighted by Gasteiger charge is -2.12. The summed E-state index contributed by atoms with van der Waals surface area (Å²) in [4.78, 5) is 23.5. The molecule has 0 saturated heterocycles. The first-order valence-corrected chi connectivity index (χ1v) is 6.65. The molecule has 0 aliphatic carbocycles. The summed E-state index contributed by atoms with van der Waals surface area (Å²) in [6, 6.07) is 8.19. The molecule has 3 rings (SSSR count). The minimum Gasteiger partial charge on any atom is -0.477 e. The van der Waals surface area contributed by atoms with Gasteiger partial charge < -0.3 is 9.52 Å². The predicted molar refractivity (Wildman–Crippen MR) is 79.5 cm³/mol. The number of rotatable bonds is 2. The molecule has 0 aliphatic heterocycles. The van der Waals surface area contributed by atoms with Crippen molar-refractivity contribution in [2.75, 3.05) is 0 Å². The third-order valence-electron chi connectivity index (χ3n) is 3.55. The van der Waals surface area contributed by atoms with Crippen molar-refractivity contribution in [2.45, 2.75) is 6.92 Å². The van der Waals surface area contributed by atoms with Gasteiger partial charge in [-0.05, 0) is 24.1 Å². The van der Waals surface area contributed by atoms with Gasteiger partial charge in [-0.3, -0.25) is 0 Å². The molecule has 1 heterocycles. The van der Waals surface area contributed by atoms with Gasteiger partial charge in [0.2, 0.25) is 0 Å². The SMILES string of the molecule is Cc1ccccc1-c1c(C(=O)O)c(=O)oc2c(F)cc(F)cc12. The van der Waals surface area contributed by atoms with Crippen molar-refractivity contribution in [1.82, 2.24) is 0 Å². The second-order valence-corrected chi connectivity index (χ2v) is 5.02. The molecule has 0 fully saturated rings. The second-order valence-electron chi connectivity index (χ2n) is 5.02. The molecular weight excluding hydrogens is 306 g/mol. The summed E-state index contributed by atoms with van der Waals surface area (Å²) >= 11 is 0. The predicted octanol–water partition coefficient (Wildman–Crippen LogP) is 3.74. The fourth-order valence-corrected chi connectivity index (χ4v) is 2.56. The number of hydrogen-bond donors (Lipinski definition) is 1. The van der Waals surface area contributed by atoms with E-state index in [1.54, 1.807) is 31.2 Å². The maximum atomic E-state index is 13.9. The van der Waals surface area contributed by atoms with Crippen LogP contribution in [0.2, 0.25) is 0 Å². The van der Waals surface area contributed by atoms with E-state index < -0.39 is 34.4 Å². The maximum absolute atomic E-state index is 13.9. The largest absolute Gasteiger partial charge is 0.477 e. The Balaban J connectivity index is 2.61. The topological polar surface area (TPSA) is 67.5 Å². The van der Waals surface area contributed by atoms with Crippen LogP contribution in [0.4, 0.5) is 8.78 Å². The molecule has 6 heteroatoms. The molecule has 4 nitrogen and oxygen atoms in total. The highest BCUT2D eigenvalue weighted by Gasteiger charge is 2.24. The minimum absolute atomic E-state index is 0.0553. The quantitative estimate of drug-likeness (QED) is 0.731. The molecular formula is C17H10F2O4. The molecule has 0 spiro atoms. The molecule has 23 heavy (non-hydrogen) atoms. The van der Waals surface area contributed by atoms with E-state index in [2.05, 4.69) is 0 Å². The lowest BCUT2D eigenvalue weighted by Crippen LogP contribution is -2.16. The first-order chi connectivity index (χ1) is 10.9. The molecule has 1 aromatic heterocycles. The number of carboxylic acid groups (broad SMARTS) is 1. The van der Waals surface area contributed by atoms with E-state index in [1.165, 1.54) is 0 Å². The fraction of sp³-hybridized carbons (Fsp3) is 0.0588. The first-order valence-electron chi connectivity index (χ1n) is 6.65. The van der Waals surface area contributed by atoms with Crippen LogP contribution in [0.25, 0.3) is 22.1 Å². The zero-order valence-corrected chi connectivity index (χ0v) is 11.9. The Bertz CT molecular complexity index is 1010. The summed E-state index contributed by atoms with van der Waals surface area (Å²) in [5.74, 6) is -3.48. The summed E-state index contributed by atoms with van der Waals surface area (Å²) in [6.07, 6.45) is 0. The van der Waals surface area contributed by atoms with Crippen molar-refractivity contribution in [1.29, 1.82) is 0 Å². The lowest BCUT2D eigenvalue weighted by atomic mass is 9.94. The van der Waals surface area contributed by atoms with Gasteiger partial charge in [0.25, 0.3) is 0 Å². The molecule has 0 atom stereocenters. The van der Waals surface area contributed by atoms with Gasteiger partial charge in [-0.25, -0.2) is 18.4 Å². The number of hydrogen-bond acceptors (Lipinski definition) is 3. The molecule has 0 saturated carbocycles. The van der Waals surface area contributed by atoms with Gasteiger partial charge in [-0.2, -0.15) is 0 Å². The number of halogens is 2. The molecule has 0 unspecified atom stereocenters. The number of benzene rings is 2. The van der Waals surface area contributed by atoms with E-state index in [4.69, 9.17) is 4.42 Å². The monoisotopic (exact) mass is 316 g/mol. The second kappa shape index (κ2) is 5.31. The summed E-state index contributed by atoms with van der Waals surface area (Å²) in [6.45, 7) is 1.71. The molecule has 0 aliphatic rings. The Morgan fingerprint density at radius 2 is 1.87 bits per heavy atom. The average molecular weight is 316 g/mol. The van der Waals surface area contributed by atoms with Crippen LogP contribution in [-0.2, 0) is 0 Å². The van der Waals surface area contributed by atoms with Crippen LogP contribution in [0.1, 0.15) is 15.9 Å². The average Bonchev–Trinajstić information content (AvgIpc) is 2.47. The third kappa shape index (κ3) is 2.38. The van der Waals surface area contributed by atoms with Crippen molar-refractivity contribution in [3.63, 3.8) is 0 Å². The van der Waals surface area contributed by atoms with Gasteiger partial charge in [-0.15, -0.1) is 0 Å². The van der Waals surface area contributed by atoms with E-state index in [-0.39, 0.29) is 10.9 Å². The molecule has 0 bridgehead atoms. The number of aromatic carboxylic acids is 1. The van der Waals surface area contributed by atoms with E-state index in [0.29, 0.717) is 17.2 Å². The van der Waals surface area contributed by atoms with E-state index >= 15 is 0 Å². The zero-order chi connectivity index (χ0) is 16.7. The third-order valence-corrected chi connectivity index (χ3v) is 3.55. The number of carbonyl (C=O) groups is 1. The van der Waals surface area contributed by atoms with Crippen LogP contribution < -0.4 is 5.63 Å². The van der Waals surface area contributed by atoms with Gasteiger partial charge in [0.1, 0.15) is 5.82 Å². The summed E-state index contributed by atoms with van der Waals surface area (Å²) in [7, 11) is 0. The molecule has 2 aromatic carbocycles. The maximum Gasteiger partial charge on any atom is 0.351 e. The molecule has 3 aromatic rings. The van der Waals surface area contributed by atoms with Crippen molar-refractivity contribution in [3.8, 4) is 11.1 Å². The van der Waals surface area contributed by atoms with Gasteiger partial charge in [0.05, 0.1) is 0 Å². The van der Waals surface area contributed by atoms with Crippen molar-refractivity contribution >= 4 is 16.9 Å². The van der Waals surface area contributed by atoms with Crippen molar-refractivity contribution in [2.24, 2.45) is 0 Å². The van der Waals surface area contributed by atoms with Gasteiger partial charge in [0, 0.05) is 17.0 Å². The smallest absolute Gasteiger partial charge is 0.351 e. The Labute approximate surface area is 128 Å². The van der Waals surface area contributed by atoms with Crippen LogP contribution in [0.5, 0.6) is 0 Å². The summed E-state index contributed by atoms with van der Waals surface area (Å²) in [5, 5.41) is 9.25. The first kappa shape index (κ1) is 14.9. The van der Waals surface area contributed by atoms with Crippen LogP contribution in [0.15, 0.2) is 45.6 Å². The molecule has 1 N–H and O–H groups in total. The molecule has 0 amide bonds. The standard InChI is InChI=1S/C17H10F2O4/c1-8-4-2-3-5-10(8)13-11-6-9(18)7-12(19)15(11)23-17(22)14(13)16(20)21/h2-7H,1H3,(H,20,21). The summed E-state index contributed by atoms with van der Waals surface area (Å²) < 4.78 is 32.3. The summed E-state index contributed by atoms with van der Waals surface area (Å²) in [5.41, 5.74) is -1.31. The Hall–Kier alpha value is -3.02. The van der Waals surface area contributed by atoms with Crippen LogP contribution in [0, 0.1) is 18.6 Å². The van der Waals surface area contributed by atoms with Crippen LogP contribution in [-0.4, -0.2) is 11.1 Å². The number of aryl methyl sites for hydroxylation is 1. The van der Waals surface area contributed by atoms with Gasteiger partial charge in [-0.1, -0.05) is 24.3 Å². The Morgan fingerprint density at radius 3 is 2.52 bits per heavy atom. The highest BCUT2D eigenvalue weighted by Crippen LogP contribution is 2.34.